The summed E-state index contributed by atoms with van der Waals surface area (Å²) in [5.41, 5.74) is 0.304. The summed E-state index contributed by atoms with van der Waals surface area (Å²) in [5.74, 6) is -1.16. The molecule has 1 amide bonds. The molecule has 2 unspecified atom stereocenters. The van der Waals surface area contributed by atoms with E-state index in [4.69, 9.17) is 0 Å². The average molecular weight is 290 g/mol. The highest BCUT2D eigenvalue weighted by atomic mass is 19.4. The van der Waals surface area contributed by atoms with Gasteiger partial charge in [-0.05, 0) is 24.1 Å². The largest absolute Gasteiger partial charge is 0.406 e. The number of nitrogens with one attached hydrogen (secondary N) is 1. The van der Waals surface area contributed by atoms with Crippen molar-refractivity contribution < 1.29 is 22.4 Å². The molecule has 0 aromatic heterocycles. The summed E-state index contributed by atoms with van der Waals surface area (Å²) in [4.78, 5) is 12.7. The second-order valence-electron chi connectivity index (χ2n) is 4.67. The maximum Gasteiger partial charge on any atom is 0.406 e. The molecule has 1 fully saturated rings. The van der Waals surface area contributed by atoms with Crippen molar-refractivity contribution in [3.8, 4) is 0 Å². The topological polar surface area (TPSA) is 32.3 Å². The summed E-state index contributed by atoms with van der Waals surface area (Å²) in [6.07, 6.45) is -5.07. The Morgan fingerprint density at radius 2 is 2.05 bits per heavy atom. The fourth-order valence-electron chi connectivity index (χ4n) is 2.29. The van der Waals surface area contributed by atoms with E-state index in [0.717, 1.165) is 6.07 Å². The molecule has 2 rings (SSSR count). The standard InChI is InChI=1S/C13H14F4N2O/c1-2-10-12(20)19(7-13(15,16)17)11(18-10)8-4-3-5-9(14)6-8/h3-6,10-11,18H,2,7H2,1H3. The highest BCUT2D eigenvalue weighted by Gasteiger charge is 2.44. The third-order valence-corrected chi connectivity index (χ3v) is 3.17. The first kappa shape index (κ1) is 14.8. The van der Waals surface area contributed by atoms with Crippen LogP contribution in [0, 0.1) is 5.82 Å². The van der Waals surface area contributed by atoms with Crippen molar-refractivity contribution >= 4 is 5.91 Å². The van der Waals surface area contributed by atoms with Gasteiger partial charge in [-0.1, -0.05) is 19.1 Å². The van der Waals surface area contributed by atoms with Crippen LogP contribution >= 0.6 is 0 Å². The zero-order chi connectivity index (χ0) is 14.9. The number of rotatable bonds is 3. The Balaban J connectivity index is 2.31. The van der Waals surface area contributed by atoms with Crippen LogP contribution in [-0.2, 0) is 4.79 Å². The smallest absolute Gasteiger partial charge is 0.312 e. The normalized spacial score (nSPS) is 23.4. The van der Waals surface area contributed by atoms with E-state index < -0.39 is 36.7 Å². The van der Waals surface area contributed by atoms with Crippen LogP contribution in [0.3, 0.4) is 0 Å². The lowest BCUT2D eigenvalue weighted by Gasteiger charge is -2.25. The number of carbonyl (C=O) groups excluding carboxylic acids is 1. The summed E-state index contributed by atoms with van der Waals surface area (Å²) in [5, 5.41) is 2.82. The van der Waals surface area contributed by atoms with Crippen LogP contribution < -0.4 is 5.32 Å². The molecular formula is C13H14F4N2O. The Labute approximate surface area is 113 Å². The fourth-order valence-corrected chi connectivity index (χ4v) is 2.29. The molecule has 1 aromatic carbocycles. The van der Waals surface area contributed by atoms with Gasteiger partial charge in [0.2, 0.25) is 5.91 Å². The number of alkyl halides is 3. The lowest BCUT2D eigenvalue weighted by molar-refractivity contribution is -0.161. The minimum absolute atomic E-state index is 0.304. The molecule has 2 atom stereocenters. The van der Waals surface area contributed by atoms with E-state index >= 15 is 0 Å². The number of carbonyl (C=O) groups is 1. The van der Waals surface area contributed by atoms with Gasteiger partial charge >= 0.3 is 6.18 Å². The van der Waals surface area contributed by atoms with Crippen LogP contribution in [0.4, 0.5) is 17.6 Å². The summed E-state index contributed by atoms with van der Waals surface area (Å²) in [7, 11) is 0. The molecule has 0 radical (unpaired) electrons. The predicted molar refractivity (Wildman–Crippen MR) is 64.1 cm³/mol. The predicted octanol–water partition coefficient (Wildman–Crippen LogP) is 2.60. The number of benzene rings is 1. The molecular weight excluding hydrogens is 276 g/mol. The zero-order valence-electron chi connectivity index (χ0n) is 10.7. The van der Waals surface area contributed by atoms with Gasteiger partial charge in [-0.2, -0.15) is 13.2 Å². The first-order chi connectivity index (χ1) is 9.31. The summed E-state index contributed by atoms with van der Waals surface area (Å²) < 4.78 is 51.0. The number of amides is 1. The molecule has 1 aliphatic heterocycles. The lowest BCUT2D eigenvalue weighted by Crippen LogP contribution is -2.38. The van der Waals surface area contributed by atoms with Crippen LogP contribution in [-0.4, -0.2) is 29.6 Å². The van der Waals surface area contributed by atoms with Crippen molar-refractivity contribution in [3.05, 3.63) is 35.6 Å². The van der Waals surface area contributed by atoms with Crippen LogP contribution in [0.15, 0.2) is 24.3 Å². The van der Waals surface area contributed by atoms with Crippen molar-refractivity contribution in [2.24, 2.45) is 0 Å². The Bertz CT molecular complexity index is 503. The van der Waals surface area contributed by atoms with Crippen LogP contribution in [0.25, 0.3) is 0 Å². The van der Waals surface area contributed by atoms with Gasteiger partial charge in [-0.15, -0.1) is 0 Å². The molecule has 1 aliphatic rings. The monoisotopic (exact) mass is 290 g/mol. The minimum Gasteiger partial charge on any atom is -0.312 e. The second-order valence-corrected chi connectivity index (χ2v) is 4.67. The van der Waals surface area contributed by atoms with Gasteiger partial charge < -0.3 is 4.90 Å². The van der Waals surface area contributed by atoms with E-state index in [1.54, 1.807) is 6.92 Å². The van der Waals surface area contributed by atoms with Crippen molar-refractivity contribution in [3.63, 3.8) is 0 Å². The third-order valence-electron chi connectivity index (χ3n) is 3.17. The number of halogens is 4. The van der Waals surface area contributed by atoms with E-state index in [-0.39, 0.29) is 0 Å². The summed E-state index contributed by atoms with van der Waals surface area (Å²) in [6, 6.07) is 4.56. The SMILES string of the molecule is CCC1NC(c2cccc(F)c2)N(CC(F)(F)F)C1=O. The van der Waals surface area contributed by atoms with Crippen LogP contribution in [0.1, 0.15) is 25.1 Å². The molecule has 0 spiro atoms. The van der Waals surface area contributed by atoms with Crippen molar-refractivity contribution in [2.75, 3.05) is 6.54 Å². The highest BCUT2D eigenvalue weighted by Crippen LogP contribution is 2.30. The summed E-state index contributed by atoms with van der Waals surface area (Å²) in [6.45, 7) is 0.353. The molecule has 7 heteroatoms. The van der Waals surface area contributed by atoms with E-state index in [1.165, 1.54) is 18.2 Å². The van der Waals surface area contributed by atoms with Gasteiger partial charge in [0.05, 0.1) is 6.04 Å². The fraction of sp³-hybridized carbons (Fsp3) is 0.462. The molecule has 20 heavy (non-hydrogen) atoms. The molecule has 1 N–H and O–H groups in total. The van der Waals surface area contributed by atoms with Crippen molar-refractivity contribution in [2.45, 2.75) is 31.7 Å². The highest BCUT2D eigenvalue weighted by molar-refractivity contribution is 5.84. The van der Waals surface area contributed by atoms with Gasteiger partial charge in [0.1, 0.15) is 18.5 Å². The molecule has 110 valence electrons. The van der Waals surface area contributed by atoms with Gasteiger partial charge in [0.15, 0.2) is 0 Å². The van der Waals surface area contributed by atoms with E-state index in [9.17, 15) is 22.4 Å². The average Bonchev–Trinajstić information content (AvgIpc) is 2.65. The number of nitrogens with zero attached hydrogens (tertiary/aromatic N) is 1. The maximum absolute atomic E-state index is 13.2. The van der Waals surface area contributed by atoms with Gasteiger partial charge in [0, 0.05) is 0 Å². The molecule has 1 heterocycles. The van der Waals surface area contributed by atoms with Gasteiger partial charge in [0.25, 0.3) is 0 Å². The molecule has 0 saturated carbocycles. The first-order valence-corrected chi connectivity index (χ1v) is 6.20. The molecule has 1 saturated heterocycles. The van der Waals surface area contributed by atoms with Crippen molar-refractivity contribution in [1.82, 2.24) is 10.2 Å². The van der Waals surface area contributed by atoms with Gasteiger partial charge in [-0.3, -0.25) is 10.1 Å². The molecule has 0 bridgehead atoms. The molecule has 1 aromatic rings. The van der Waals surface area contributed by atoms with E-state index in [0.29, 0.717) is 16.9 Å². The van der Waals surface area contributed by atoms with Gasteiger partial charge in [-0.25, -0.2) is 4.39 Å². The van der Waals surface area contributed by atoms with Crippen LogP contribution in [0.2, 0.25) is 0 Å². The summed E-state index contributed by atoms with van der Waals surface area (Å²) >= 11 is 0. The number of hydrogen-bond acceptors (Lipinski definition) is 2. The maximum atomic E-state index is 13.2. The Hall–Kier alpha value is -1.63. The molecule has 0 aliphatic carbocycles. The third kappa shape index (κ3) is 3.09. The van der Waals surface area contributed by atoms with E-state index in [2.05, 4.69) is 5.32 Å². The minimum atomic E-state index is -4.49. The lowest BCUT2D eigenvalue weighted by atomic mass is 10.1. The van der Waals surface area contributed by atoms with Crippen molar-refractivity contribution in [1.29, 1.82) is 0 Å². The van der Waals surface area contributed by atoms with E-state index in [1.807, 2.05) is 0 Å². The second kappa shape index (κ2) is 5.40. The van der Waals surface area contributed by atoms with Crippen LogP contribution in [0.5, 0.6) is 0 Å². The zero-order valence-corrected chi connectivity index (χ0v) is 10.7. The number of hydrogen-bond donors (Lipinski definition) is 1. The Morgan fingerprint density at radius 3 is 2.60 bits per heavy atom. The Morgan fingerprint density at radius 1 is 1.35 bits per heavy atom. The quantitative estimate of drug-likeness (QED) is 0.868. The Kier molecular flexibility index (Phi) is 3.99. The molecule has 3 nitrogen and oxygen atoms in total. The first-order valence-electron chi connectivity index (χ1n) is 6.20.